The Labute approximate surface area is 190 Å². The van der Waals surface area contributed by atoms with Gasteiger partial charge in [-0.05, 0) is 44.9 Å². The maximum atomic E-state index is 12.8. The van der Waals surface area contributed by atoms with Gasteiger partial charge in [0.15, 0.2) is 5.65 Å². The van der Waals surface area contributed by atoms with Crippen LogP contribution in [0.1, 0.15) is 44.9 Å². The van der Waals surface area contributed by atoms with Crippen molar-refractivity contribution in [1.29, 1.82) is 5.26 Å². The van der Waals surface area contributed by atoms with Gasteiger partial charge >= 0.3 is 0 Å². The number of rotatable bonds is 3. The zero-order valence-electron chi connectivity index (χ0n) is 18.7. The zero-order valence-corrected chi connectivity index (χ0v) is 18.7. The van der Waals surface area contributed by atoms with Crippen molar-refractivity contribution in [1.82, 2.24) is 29.1 Å². The summed E-state index contributed by atoms with van der Waals surface area (Å²) in [6.07, 6.45) is 6.94. The molecule has 0 radical (unpaired) electrons. The maximum absolute atomic E-state index is 12.8. The maximum Gasteiger partial charge on any atom is 0.256 e. The molecule has 0 saturated heterocycles. The van der Waals surface area contributed by atoms with Crippen LogP contribution in [0.4, 0.5) is 14.7 Å². The molecule has 0 unspecified atom stereocenters. The third kappa shape index (κ3) is 4.77. The molecule has 33 heavy (non-hydrogen) atoms. The first kappa shape index (κ1) is 22.6. The van der Waals surface area contributed by atoms with Gasteiger partial charge in [-0.1, -0.05) is 19.3 Å². The molecule has 8 nitrogen and oxygen atoms in total. The number of anilines is 1. The van der Waals surface area contributed by atoms with Crippen LogP contribution < -0.4 is 5.73 Å². The Morgan fingerprint density at radius 2 is 1.94 bits per heavy atom. The number of nitrogens with zero attached hydrogens (tertiary/aromatic N) is 7. The van der Waals surface area contributed by atoms with Crippen molar-refractivity contribution in [3.05, 3.63) is 36.4 Å². The number of nitrogen functional groups attached to an aromatic ring is 1. The Hall–Kier alpha value is -3.61. The highest BCUT2D eigenvalue weighted by Gasteiger charge is 2.25. The van der Waals surface area contributed by atoms with Gasteiger partial charge in [0, 0.05) is 11.8 Å². The van der Waals surface area contributed by atoms with Gasteiger partial charge in [-0.2, -0.15) is 5.26 Å². The van der Waals surface area contributed by atoms with Gasteiger partial charge in [0.25, 0.3) is 6.43 Å². The number of hydrogen-bond donors (Lipinski definition) is 1. The number of nitriles is 1. The first-order valence-electron chi connectivity index (χ1n) is 10.9. The number of fused-ring (bicyclic) bond motifs is 2. The molecule has 1 aliphatic carbocycles. The summed E-state index contributed by atoms with van der Waals surface area (Å²) in [5, 5.41) is 12.8. The number of aromatic nitrogens is 6. The van der Waals surface area contributed by atoms with Crippen LogP contribution in [0.3, 0.4) is 0 Å². The molecule has 5 rings (SSSR count). The van der Waals surface area contributed by atoms with E-state index in [0.29, 0.717) is 22.7 Å². The van der Waals surface area contributed by atoms with Gasteiger partial charge in [-0.15, -0.1) is 5.10 Å². The summed E-state index contributed by atoms with van der Waals surface area (Å²) in [4.78, 5) is 12.8. The lowest BCUT2D eigenvalue weighted by molar-refractivity contribution is 0.127. The molecule has 0 aliphatic heterocycles. The molecule has 4 aromatic heterocycles. The molecule has 0 amide bonds. The highest BCUT2D eigenvalue weighted by molar-refractivity contribution is 5.82. The fourth-order valence-corrected chi connectivity index (χ4v) is 4.20. The van der Waals surface area contributed by atoms with Gasteiger partial charge in [0.1, 0.15) is 11.3 Å². The molecule has 4 heterocycles. The smallest absolute Gasteiger partial charge is 0.256 e. The first-order chi connectivity index (χ1) is 15.8. The zero-order chi connectivity index (χ0) is 23.6. The largest absolute Gasteiger partial charge is 0.367 e. The SMILES string of the molecule is CC1(C#N)CCCCC1.Cc1nc2ccc(-c3ccn4nc(N)ncc34)nc2n1CC(F)F. The second kappa shape index (κ2) is 9.10. The van der Waals surface area contributed by atoms with Gasteiger partial charge in [-0.3, -0.25) is 0 Å². The predicted octanol–water partition coefficient (Wildman–Crippen LogP) is 4.78. The van der Waals surface area contributed by atoms with Crippen LogP contribution in [0.2, 0.25) is 0 Å². The second-order valence-electron chi connectivity index (χ2n) is 8.61. The summed E-state index contributed by atoms with van der Waals surface area (Å²) < 4.78 is 28.7. The van der Waals surface area contributed by atoms with E-state index in [1.807, 2.05) is 6.07 Å². The Bertz CT molecular complexity index is 1310. The van der Waals surface area contributed by atoms with E-state index in [1.165, 1.54) is 23.8 Å². The molecule has 2 N–H and O–H groups in total. The molecule has 172 valence electrons. The summed E-state index contributed by atoms with van der Waals surface area (Å²) in [5.41, 5.74) is 8.77. The monoisotopic (exact) mass is 452 g/mol. The van der Waals surface area contributed by atoms with Crippen molar-refractivity contribution >= 4 is 22.6 Å². The quantitative estimate of drug-likeness (QED) is 0.479. The van der Waals surface area contributed by atoms with Crippen molar-refractivity contribution in [3.8, 4) is 17.3 Å². The summed E-state index contributed by atoms with van der Waals surface area (Å²) >= 11 is 0. The molecule has 0 aromatic carbocycles. The third-order valence-corrected chi connectivity index (χ3v) is 6.04. The summed E-state index contributed by atoms with van der Waals surface area (Å²) in [6.45, 7) is 3.33. The second-order valence-corrected chi connectivity index (χ2v) is 8.61. The lowest BCUT2D eigenvalue weighted by atomic mass is 9.77. The van der Waals surface area contributed by atoms with Crippen molar-refractivity contribution < 1.29 is 8.78 Å². The highest BCUT2D eigenvalue weighted by atomic mass is 19.3. The highest BCUT2D eigenvalue weighted by Crippen LogP contribution is 2.34. The Morgan fingerprint density at radius 3 is 2.61 bits per heavy atom. The van der Waals surface area contributed by atoms with Gasteiger partial charge in [-0.25, -0.2) is 28.2 Å². The lowest BCUT2D eigenvalue weighted by Crippen LogP contribution is -2.16. The van der Waals surface area contributed by atoms with Crippen molar-refractivity contribution in [2.45, 2.75) is 58.9 Å². The molecule has 0 spiro atoms. The number of imidazole rings is 1. The molecule has 10 heteroatoms. The summed E-state index contributed by atoms with van der Waals surface area (Å²) in [7, 11) is 0. The van der Waals surface area contributed by atoms with Crippen LogP contribution in [-0.4, -0.2) is 35.6 Å². The van der Waals surface area contributed by atoms with E-state index in [1.54, 1.807) is 36.0 Å². The average molecular weight is 453 g/mol. The van der Waals surface area contributed by atoms with Crippen LogP contribution in [0, 0.1) is 23.7 Å². The Kier molecular flexibility index (Phi) is 6.22. The van der Waals surface area contributed by atoms with E-state index in [2.05, 4.69) is 33.0 Å². The topological polar surface area (TPSA) is 111 Å². The first-order valence-corrected chi connectivity index (χ1v) is 10.9. The molecule has 1 saturated carbocycles. The summed E-state index contributed by atoms with van der Waals surface area (Å²) in [5.74, 6) is 0.673. The van der Waals surface area contributed by atoms with E-state index in [4.69, 9.17) is 11.0 Å². The summed E-state index contributed by atoms with van der Waals surface area (Å²) in [6, 6.07) is 7.78. The fourth-order valence-electron chi connectivity index (χ4n) is 4.20. The third-order valence-electron chi connectivity index (χ3n) is 6.04. The fraction of sp³-hybridized carbons (Fsp3) is 0.435. The standard InChI is InChI=1S/C15H13F2N7.C8H13N/c1-8-20-11-3-2-10(21-14(11)23(8)7-13(16)17)9-4-5-24-12(9)6-19-15(18)22-24;1-8(7-9)5-3-2-4-6-8/h2-6,13H,7H2,1H3,(H2,18,22);2-6H2,1H3. The van der Waals surface area contributed by atoms with Crippen molar-refractivity contribution in [2.24, 2.45) is 5.41 Å². The average Bonchev–Trinajstić information content (AvgIpc) is 3.34. The van der Waals surface area contributed by atoms with E-state index in [9.17, 15) is 8.78 Å². The van der Waals surface area contributed by atoms with Gasteiger partial charge in [0.05, 0.1) is 35.4 Å². The van der Waals surface area contributed by atoms with E-state index in [0.717, 1.165) is 23.9 Å². The van der Waals surface area contributed by atoms with E-state index < -0.39 is 13.0 Å². The molecule has 1 fully saturated rings. The molecular formula is C23H26F2N8. The molecule has 0 atom stereocenters. The predicted molar refractivity (Wildman–Crippen MR) is 121 cm³/mol. The van der Waals surface area contributed by atoms with Crippen molar-refractivity contribution in [2.75, 3.05) is 5.73 Å². The number of nitrogens with two attached hydrogens (primary N) is 1. The normalized spacial score (nSPS) is 15.4. The molecule has 4 aromatic rings. The minimum atomic E-state index is -2.47. The van der Waals surface area contributed by atoms with E-state index in [-0.39, 0.29) is 11.4 Å². The van der Waals surface area contributed by atoms with Crippen LogP contribution in [0.5, 0.6) is 0 Å². The minimum Gasteiger partial charge on any atom is -0.367 e. The van der Waals surface area contributed by atoms with Crippen LogP contribution in [0.15, 0.2) is 30.6 Å². The number of alkyl halides is 2. The molecule has 1 aliphatic rings. The Morgan fingerprint density at radius 1 is 1.18 bits per heavy atom. The van der Waals surface area contributed by atoms with Gasteiger partial charge in [0.2, 0.25) is 5.95 Å². The van der Waals surface area contributed by atoms with Gasteiger partial charge < -0.3 is 10.3 Å². The number of halogens is 2. The van der Waals surface area contributed by atoms with Crippen LogP contribution in [-0.2, 0) is 6.54 Å². The lowest BCUT2D eigenvalue weighted by Gasteiger charge is -2.25. The van der Waals surface area contributed by atoms with Crippen molar-refractivity contribution in [3.63, 3.8) is 0 Å². The molecular weight excluding hydrogens is 426 g/mol. The minimum absolute atomic E-state index is 0.0260. The molecule has 0 bridgehead atoms. The Balaban J connectivity index is 0.000000243. The van der Waals surface area contributed by atoms with Crippen LogP contribution in [0.25, 0.3) is 27.9 Å². The number of hydrogen-bond acceptors (Lipinski definition) is 6. The number of aryl methyl sites for hydroxylation is 1. The number of pyridine rings is 1. The van der Waals surface area contributed by atoms with E-state index >= 15 is 0 Å². The van der Waals surface area contributed by atoms with Crippen LogP contribution >= 0.6 is 0 Å².